The third kappa shape index (κ3) is 6.00. The number of hydrogen-bond acceptors (Lipinski definition) is 6. The third-order valence-corrected chi connectivity index (χ3v) is 5.57. The molecule has 1 unspecified atom stereocenters. The molecule has 1 fully saturated rings. The molecular weight excluding hydrogens is 416 g/mol. The molecule has 7 heteroatoms. The van der Waals surface area contributed by atoms with Crippen molar-refractivity contribution in [3.05, 3.63) is 60.7 Å². The number of amides is 1. The van der Waals surface area contributed by atoms with Crippen molar-refractivity contribution in [2.24, 2.45) is 0 Å². The van der Waals surface area contributed by atoms with E-state index < -0.39 is 6.10 Å². The maximum absolute atomic E-state index is 12.7. The van der Waals surface area contributed by atoms with Crippen molar-refractivity contribution < 1.29 is 14.3 Å². The minimum absolute atomic E-state index is 0.229. The van der Waals surface area contributed by atoms with Gasteiger partial charge < -0.3 is 19.7 Å². The molecule has 1 aliphatic heterocycles. The van der Waals surface area contributed by atoms with Gasteiger partial charge in [-0.2, -0.15) is 0 Å². The smallest absolute Gasteiger partial charge is 0.265 e. The SMILES string of the molecule is CCOc1ccc(OC(C)C(=O)Nc2cccc(-c3ccc(N4CCCCC4)nn3)c2)cc1. The molecule has 0 spiro atoms. The van der Waals surface area contributed by atoms with E-state index >= 15 is 0 Å². The van der Waals surface area contributed by atoms with Crippen molar-refractivity contribution in [3.63, 3.8) is 0 Å². The average Bonchev–Trinajstić information content (AvgIpc) is 2.86. The molecule has 0 bridgehead atoms. The number of piperidine rings is 1. The van der Waals surface area contributed by atoms with Crippen molar-refractivity contribution in [3.8, 4) is 22.8 Å². The Labute approximate surface area is 194 Å². The van der Waals surface area contributed by atoms with Crippen molar-refractivity contribution in [2.75, 3.05) is 29.9 Å². The van der Waals surface area contributed by atoms with Gasteiger partial charge in [0.05, 0.1) is 12.3 Å². The predicted octanol–water partition coefficient (Wildman–Crippen LogP) is 4.94. The Kier molecular flexibility index (Phi) is 7.40. The van der Waals surface area contributed by atoms with Gasteiger partial charge in [-0.1, -0.05) is 12.1 Å². The average molecular weight is 447 g/mol. The molecule has 0 radical (unpaired) electrons. The number of aromatic nitrogens is 2. The molecule has 4 rings (SSSR count). The second-order valence-electron chi connectivity index (χ2n) is 8.06. The van der Waals surface area contributed by atoms with Gasteiger partial charge in [-0.15, -0.1) is 10.2 Å². The Hall–Kier alpha value is -3.61. The van der Waals surface area contributed by atoms with Crippen molar-refractivity contribution in [1.82, 2.24) is 10.2 Å². The van der Waals surface area contributed by atoms with E-state index in [0.717, 1.165) is 35.9 Å². The van der Waals surface area contributed by atoms with Crippen LogP contribution < -0.4 is 19.7 Å². The van der Waals surface area contributed by atoms with E-state index in [4.69, 9.17) is 9.47 Å². The molecule has 1 saturated heterocycles. The highest BCUT2D eigenvalue weighted by Crippen LogP contribution is 2.24. The largest absolute Gasteiger partial charge is 0.494 e. The highest BCUT2D eigenvalue weighted by atomic mass is 16.5. The minimum atomic E-state index is -0.657. The maximum Gasteiger partial charge on any atom is 0.265 e. The first kappa shape index (κ1) is 22.6. The topological polar surface area (TPSA) is 76.6 Å². The monoisotopic (exact) mass is 446 g/mol. The zero-order valence-electron chi connectivity index (χ0n) is 19.2. The van der Waals surface area contributed by atoms with Crippen molar-refractivity contribution in [1.29, 1.82) is 0 Å². The molecule has 0 saturated carbocycles. The summed E-state index contributed by atoms with van der Waals surface area (Å²) in [5.74, 6) is 2.07. The molecule has 1 atom stereocenters. The molecule has 1 aliphatic rings. The quantitative estimate of drug-likeness (QED) is 0.528. The van der Waals surface area contributed by atoms with Gasteiger partial charge in [-0.3, -0.25) is 4.79 Å². The van der Waals surface area contributed by atoms with Crippen LogP contribution in [0, 0.1) is 0 Å². The van der Waals surface area contributed by atoms with Crippen LogP contribution in [0.3, 0.4) is 0 Å². The molecule has 1 aromatic heterocycles. The summed E-state index contributed by atoms with van der Waals surface area (Å²) in [7, 11) is 0. The second kappa shape index (κ2) is 10.8. The lowest BCUT2D eigenvalue weighted by Crippen LogP contribution is -2.30. The molecular formula is C26H30N4O3. The number of carbonyl (C=O) groups excluding carboxylic acids is 1. The predicted molar refractivity (Wildman–Crippen MR) is 130 cm³/mol. The number of carbonyl (C=O) groups is 1. The summed E-state index contributed by atoms with van der Waals surface area (Å²) < 4.78 is 11.2. The number of nitrogens with zero attached hydrogens (tertiary/aromatic N) is 3. The van der Waals surface area contributed by atoms with Crippen LogP contribution in [0.1, 0.15) is 33.1 Å². The number of anilines is 2. The van der Waals surface area contributed by atoms with Crippen LogP contribution >= 0.6 is 0 Å². The van der Waals surface area contributed by atoms with Crippen molar-refractivity contribution in [2.45, 2.75) is 39.2 Å². The van der Waals surface area contributed by atoms with Gasteiger partial charge >= 0.3 is 0 Å². The minimum Gasteiger partial charge on any atom is -0.494 e. The lowest BCUT2D eigenvalue weighted by Gasteiger charge is -2.27. The summed E-state index contributed by atoms with van der Waals surface area (Å²) in [5, 5.41) is 11.8. The fourth-order valence-electron chi connectivity index (χ4n) is 3.81. The number of ether oxygens (including phenoxy) is 2. The van der Waals surface area contributed by atoms with E-state index in [1.807, 2.05) is 55.5 Å². The van der Waals surface area contributed by atoms with Crippen LogP contribution in [0.2, 0.25) is 0 Å². The zero-order valence-corrected chi connectivity index (χ0v) is 19.2. The first-order chi connectivity index (χ1) is 16.1. The van der Waals surface area contributed by atoms with Crippen LogP contribution in [-0.4, -0.2) is 41.9 Å². The summed E-state index contributed by atoms with van der Waals surface area (Å²) >= 11 is 0. The number of benzene rings is 2. The molecule has 1 amide bonds. The maximum atomic E-state index is 12.7. The van der Waals surface area contributed by atoms with Crippen LogP contribution in [0.4, 0.5) is 11.5 Å². The van der Waals surface area contributed by atoms with Crippen LogP contribution in [0.25, 0.3) is 11.3 Å². The van der Waals surface area contributed by atoms with E-state index in [0.29, 0.717) is 18.0 Å². The second-order valence-corrected chi connectivity index (χ2v) is 8.06. The Balaban J connectivity index is 1.37. The Morgan fingerprint density at radius 1 is 1.00 bits per heavy atom. The first-order valence-corrected chi connectivity index (χ1v) is 11.5. The Morgan fingerprint density at radius 3 is 2.45 bits per heavy atom. The normalized spacial score (nSPS) is 14.4. The summed E-state index contributed by atoms with van der Waals surface area (Å²) in [6.07, 6.45) is 3.03. The summed E-state index contributed by atoms with van der Waals surface area (Å²) in [6.45, 7) is 6.33. The van der Waals surface area contributed by atoms with Gasteiger partial charge in [0.1, 0.15) is 11.5 Å². The Morgan fingerprint density at radius 2 is 1.76 bits per heavy atom. The van der Waals surface area contributed by atoms with Crippen LogP contribution in [-0.2, 0) is 4.79 Å². The van der Waals surface area contributed by atoms with E-state index in [9.17, 15) is 4.79 Å². The lowest BCUT2D eigenvalue weighted by molar-refractivity contribution is -0.122. The highest BCUT2D eigenvalue weighted by molar-refractivity contribution is 5.94. The lowest BCUT2D eigenvalue weighted by atomic mass is 10.1. The van der Waals surface area contributed by atoms with E-state index in [1.165, 1.54) is 19.3 Å². The van der Waals surface area contributed by atoms with Gasteiger partial charge in [-0.25, -0.2) is 0 Å². The van der Waals surface area contributed by atoms with E-state index in [1.54, 1.807) is 19.1 Å². The highest BCUT2D eigenvalue weighted by Gasteiger charge is 2.16. The fourth-order valence-corrected chi connectivity index (χ4v) is 3.81. The van der Waals surface area contributed by atoms with Crippen molar-refractivity contribution >= 4 is 17.4 Å². The van der Waals surface area contributed by atoms with Gasteiger partial charge in [0.2, 0.25) is 0 Å². The number of nitrogens with one attached hydrogen (secondary N) is 1. The number of hydrogen-bond donors (Lipinski definition) is 1. The van der Waals surface area contributed by atoms with Gasteiger partial charge in [0, 0.05) is 24.3 Å². The summed E-state index contributed by atoms with van der Waals surface area (Å²) in [4.78, 5) is 14.9. The third-order valence-electron chi connectivity index (χ3n) is 5.57. The van der Waals surface area contributed by atoms with Gasteiger partial charge in [0.25, 0.3) is 5.91 Å². The molecule has 1 N–H and O–H groups in total. The molecule has 33 heavy (non-hydrogen) atoms. The molecule has 3 aromatic rings. The van der Waals surface area contributed by atoms with Gasteiger partial charge in [-0.05, 0) is 81.6 Å². The molecule has 0 aliphatic carbocycles. The standard InChI is InChI=1S/C26H30N4O3/c1-3-32-22-10-12-23(13-11-22)33-19(2)26(31)27-21-9-7-8-20(18-21)24-14-15-25(29-28-24)30-16-5-4-6-17-30/h7-15,18-19H,3-6,16-17H2,1-2H3,(H,27,31). The van der Waals surface area contributed by atoms with Crippen LogP contribution in [0.15, 0.2) is 60.7 Å². The fraction of sp³-hybridized carbons (Fsp3) is 0.346. The molecule has 2 aromatic carbocycles. The van der Waals surface area contributed by atoms with Crippen LogP contribution in [0.5, 0.6) is 11.5 Å². The first-order valence-electron chi connectivity index (χ1n) is 11.5. The van der Waals surface area contributed by atoms with E-state index in [-0.39, 0.29) is 5.91 Å². The molecule has 172 valence electrons. The van der Waals surface area contributed by atoms with E-state index in [2.05, 4.69) is 20.4 Å². The number of rotatable bonds is 8. The zero-order chi connectivity index (χ0) is 23.0. The molecule has 7 nitrogen and oxygen atoms in total. The summed E-state index contributed by atoms with van der Waals surface area (Å²) in [5.41, 5.74) is 2.35. The summed E-state index contributed by atoms with van der Waals surface area (Å²) in [6, 6.07) is 18.8. The molecule has 2 heterocycles. The van der Waals surface area contributed by atoms with Gasteiger partial charge in [0.15, 0.2) is 11.9 Å². The Bertz CT molecular complexity index is 1050.